The van der Waals surface area contributed by atoms with Crippen LogP contribution in [0.4, 0.5) is 0 Å². The predicted octanol–water partition coefficient (Wildman–Crippen LogP) is 3.48. The zero-order valence-corrected chi connectivity index (χ0v) is 15.4. The average Bonchev–Trinajstić information content (AvgIpc) is 2.65. The van der Waals surface area contributed by atoms with Crippen LogP contribution in [0.3, 0.4) is 0 Å². The molecule has 0 atom stereocenters. The Morgan fingerprint density at radius 2 is 1.24 bits per heavy atom. The Bertz CT molecular complexity index is 843. The van der Waals surface area contributed by atoms with E-state index in [9.17, 15) is 14.4 Å². The second kappa shape index (κ2) is 7.94. The molecule has 0 amide bonds. The molecule has 6 nitrogen and oxygen atoms in total. The highest BCUT2D eigenvalue weighted by molar-refractivity contribution is 9.10. The molecular formula is C18H15BrO6. The fourth-order valence-electron chi connectivity index (χ4n) is 2.35. The summed E-state index contributed by atoms with van der Waals surface area (Å²) in [6.07, 6.45) is 0. The highest BCUT2D eigenvalue weighted by atomic mass is 79.9. The molecule has 25 heavy (non-hydrogen) atoms. The molecule has 0 aliphatic heterocycles. The fourth-order valence-corrected chi connectivity index (χ4v) is 2.85. The maximum absolute atomic E-state index is 12.2. The number of methoxy groups -OCH3 is 3. The summed E-state index contributed by atoms with van der Waals surface area (Å²) in [6.45, 7) is 0. The molecule has 0 aliphatic carbocycles. The van der Waals surface area contributed by atoms with Gasteiger partial charge in [0.05, 0.1) is 38.0 Å². The van der Waals surface area contributed by atoms with Gasteiger partial charge in [0.1, 0.15) is 0 Å². The standard InChI is InChI=1S/C18H15BrO6/c1-23-16(20)11-7-5-4-6-10(11)12-8-14(18(22)25-3)15(19)9-13(12)17(21)24-2/h4-9H,1-3H3. The molecule has 0 bridgehead atoms. The first kappa shape index (κ1) is 18.7. The van der Waals surface area contributed by atoms with E-state index < -0.39 is 17.9 Å². The zero-order chi connectivity index (χ0) is 18.6. The quantitative estimate of drug-likeness (QED) is 0.571. The van der Waals surface area contributed by atoms with E-state index in [4.69, 9.17) is 14.2 Å². The Labute approximate surface area is 152 Å². The number of benzene rings is 2. The van der Waals surface area contributed by atoms with Gasteiger partial charge in [-0.15, -0.1) is 0 Å². The molecule has 2 aromatic rings. The van der Waals surface area contributed by atoms with Gasteiger partial charge in [0, 0.05) is 4.47 Å². The molecule has 0 saturated heterocycles. The molecule has 0 aromatic heterocycles. The normalized spacial score (nSPS) is 10.1. The molecular weight excluding hydrogens is 392 g/mol. The minimum atomic E-state index is -0.605. The van der Waals surface area contributed by atoms with Crippen LogP contribution in [0.25, 0.3) is 11.1 Å². The van der Waals surface area contributed by atoms with Crippen molar-refractivity contribution < 1.29 is 28.6 Å². The molecule has 0 unspecified atom stereocenters. The smallest absolute Gasteiger partial charge is 0.339 e. The minimum Gasteiger partial charge on any atom is -0.465 e. The number of hydrogen-bond donors (Lipinski definition) is 0. The van der Waals surface area contributed by atoms with Crippen LogP contribution in [-0.2, 0) is 14.2 Å². The van der Waals surface area contributed by atoms with E-state index in [1.54, 1.807) is 24.3 Å². The lowest BCUT2D eigenvalue weighted by molar-refractivity contribution is 0.0586. The SMILES string of the molecule is COC(=O)c1cc(-c2ccccc2C(=O)OC)c(C(=O)OC)cc1Br. The number of rotatable bonds is 4. The van der Waals surface area contributed by atoms with E-state index >= 15 is 0 Å². The third-order valence-electron chi connectivity index (χ3n) is 3.54. The van der Waals surface area contributed by atoms with Crippen LogP contribution in [0.5, 0.6) is 0 Å². The monoisotopic (exact) mass is 406 g/mol. The first-order valence-corrected chi connectivity index (χ1v) is 7.91. The molecule has 2 rings (SSSR count). The highest BCUT2D eigenvalue weighted by Gasteiger charge is 2.23. The maximum Gasteiger partial charge on any atom is 0.339 e. The largest absolute Gasteiger partial charge is 0.465 e. The molecule has 130 valence electrons. The number of carbonyl (C=O) groups excluding carboxylic acids is 3. The van der Waals surface area contributed by atoms with Gasteiger partial charge >= 0.3 is 17.9 Å². The Balaban J connectivity index is 2.81. The Morgan fingerprint density at radius 3 is 1.84 bits per heavy atom. The summed E-state index contributed by atoms with van der Waals surface area (Å²) in [5, 5.41) is 0. The molecule has 0 N–H and O–H groups in total. The average molecular weight is 407 g/mol. The van der Waals surface area contributed by atoms with Gasteiger partial charge in [0.2, 0.25) is 0 Å². The molecule has 2 aromatic carbocycles. The van der Waals surface area contributed by atoms with Crippen molar-refractivity contribution in [1.82, 2.24) is 0 Å². The molecule has 7 heteroatoms. The first-order chi connectivity index (χ1) is 11.9. The second-order valence-electron chi connectivity index (χ2n) is 4.90. The van der Waals surface area contributed by atoms with Gasteiger partial charge in [-0.2, -0.15) is 0 Å². The Kier molecular flexibility index (Phi) is 5.93. The summed E-state index contributed by atoms with van der Waals surface area (Å²) in [7, 11) is 3.77. The van der Waals surface area contributed by atoms with E-state index in [1.165, 1.54) is 33.5 Å². The zero-order valence-electron chi connectivity index (χ0n) is 13.8. The summed E-state index contributed by atoms with van der Waals surface area (Å²) >= 11 is 3.25. The lowest BCUT2D eigenvalue weighted by atomic mass is 9.93. The summed E-state index contributed by atoms with van der Waals surface area (Å²) in [5.41, 5.74) is 1.46. The lowest BCUT2D eigenvalue weighted by Crippen LogP contribution is -2.10. The fraction of sp³-hybridized carbons (Fsp3) is 0.167. The topological polar surface area (TPSA) is 78.9 Å². The molecule has 0 fully saturated rings. The highest BCUT2D eigenvalue weighted by Crippen LogP contribution is 2.33. The van der Waals surface area contributed by atoms with Crippen molar-refractivity contribution in [2.24, 2.45) is 0 Å². The Hall–Kier alpha value is -2.67. The van der Waals surface area contributed by atoms with E-state index in [0.29, 0.717) is 15.6 Å². The van der Waals surface area contributed by atoms with Crippen LogP contribution in [0.15, 0.2) is 40.9 Å². The lowest BCUT2D eigenvalue weighted by Gasteiger charge is -2.14. The first-order valence-electron chi connectivity index (χ1n) is 7.12. The van der Waals surface area contributed by atoms with Gasteiger partial charge in [0.25, 0.3) is 0 Å². The molecule has 0 radical (unpaired) electrons. The summed E-state index contributed by atoms with van der Waals surface area (Å²) in [5.74, 6) is -1.75. The van der Waals surface area contributed by atoms with E-state index in [0.717, 1.165) is 0 Å². The minimum absolute atomic E-state index is 0.193. The van der Waals surface area contributed by atoms with Crippen LogP contribution < -0.4 is 0 Å². The third-order valence-corrected chi connectivity index (χ3v) is 4.20. The Morgan fingerprint density at radius 1 is 0.720 bits per heavy atom. The van der Waals surface area contributed by atoms with Crippen LogP contribution in [0, 0.1) is 0 Å². The van der Waals surface area contributed by atoms with Crippen molar-refractivity contribution in [1.29, 1.82) is 0 Å². The van der Waals surface area contributed by atoms with Crippen LogP contribution in [0.1, 0.15) is 31.1 Å². The van der Waals surface area contributed by atoms with Crippen LogP contribution in [0.2, 0.25) is 0 Å². The van der Waals surface area contributed by atoms with Crippen LogP contribution >= 0.6 is 15.9 Å². The second-order valence-corrected chi connectivity index (χ2v) is 5.75. The number of esters is 3. The van der Waals surface area contributed by atoms with Crippen molar-refractivity contribution in [3.63, 3.8) is 0 Å². The predicted molar refractivity (Wildman–Crippen MR) is 93.6 cm³/mol. The van der Waals surface area contributed by atoms with Gasteiger partial charge in [-0.3, -0.25) is 0 Å². The summed E-state index contributed by atoms with van der Waals surface area (Å²) < 4.78 is 14.7. The van der Waals surface area contributed by atoms with E-state index in [1.807, 2.05) is 0 Å². The van der Waals surface area contributed by atoms with Gasteiger partial charge < -0.3 is 14.2 Å². The van der Waals surface area contributed by atoms with E-state index in [2.05, 4.69) is 15.9 Å². The van der Waals surface area contributed by atoms with Crippen molar-refractivity contribution in [3.8, 4) is 11.1 Å². The van der Waals surface area contributed by atoms with Gasteiger partial charge in [-0.25, -0.2) is 14.4 Å². The molecule has 0 heterocycles. The summed E-state index contributed by atoms with van der Waals surface area (Å²) in [6, 6.07) is 9.55. The molecule has 0 saturated carbocycles. The molecule has 0 spiro atoms. The molecule has 0 aliphatic rings. The van der Waals surface area contributed by atoms with Crippen molar-refractivity contribution in [2.75, 3.05) is 21.3 Å². The summed E-state index contributed by atoms with van der Waals surface area (Å²) in [4.78, 5) is 36.2. The van der Waals surface area contributed by atoms with Crippen LogP contribution in [-0.4, -0.2) is 39.2 Å². The number of hydrogen-bond acceptors (Lipinski definition) is 6. The van der Waals surface area contributed by atoms with Crippen molar-refractivity contribution >= 4 is 33.8 Å². The maximum atomic E-state index is 12.2. The third kappa shape index (κ3) is 3.71. The number of carbonyl (C=O) groups is 3. The number of halogens is 1. The van der Waals surface area contributed by atoms with Crippen molar-refractivity contribution in [2.45, 2.75) is 0 Å². The van der Waals surface area contributed by atoms with Gasteiger partial charge in [-0.05, 0) is 45.3 Å². The van der Waals surface area contributed by atoms with Gasteiger partial charge in [-0.1, -0.05) is 18.2 Å². The number of ether oxygens (including phenoxy) is 3. The van der Waals surface area contributed by atoms with E-state index in [-0.39, 0.29) is 16.7 Å². The van der Waals surface area contributed by atoms with Crippen molar-refractivity contribution in [3.05, 3.63) is 57.6 Å². The van der Waals surface area contributed by atoms with Gasteiger partial charge in [0.15, 0.2) is 0 Å².